The summed E-state index contributed by atoms with van der Waals surface area (Å²) in [7, 11) is 0. The van der Waals surface area contributed by atoms with Crippen LogP contribution in [-0.4, -0.2) is 24.8 Å². The van der Waals surface area contributed by atoms with Crippen molar-refractivity contribution in [2.45, 2.75) is 12.7 Å². The average molecular weight is 438 g/mol. The third-order valence-electron chi connectivity index (χ3n) is 5.34. The first-order chi connectivity index (χ1) is 16.3. The molecule has 0 fully saturated rings. The molecular weight excluding hydrogens is 416 g/mol. The summed E-state index contributed by atoms with van der Waals surface area (Å²) in [4.78, 5) is 12.3. The van der Waals surface area contributed by atoms with Crippen molar-refractivity contribution in [3.05, 3.63) is 102 Å². The van der Waals surface area contributed by atoms with Gasteiger partial charge in [0.25, 0.3) is 5.91 Å². The second-order valence-electron chi connectivity index (χ2n) is 7.59. The number of nitrogens with zero attached hydrogens (tertiary/aromatic N) is 1. The molecule has 1 aliphatic heterocycles. The van der Waals surface area contributed by atoms with Gasteiger partial charge in [-0.15, -0.1) is 0 Å². The zero-order valence-corrected chi connectivity index (χ0v) is 17.8. The molecule has 4 aromatic rings. The van der Waals surface area contributed by atoms with E-state index in [1.807, 2.05) is 54.6 Å². The maximum atomic E-state index is 12.3. The third-order valence-corrected chi connectivity index (χ3v) is 5.34. The molecule has 4 aromatic carbocycles. The molecular formula is C27H22N2O4. The number of carbonyl (C=O) groups excluding carboxylic acids is 1. The summed E-state index contributed by atoms with van der Waals surface area (Å²) in [5.41, 5.74) is 4.47. The largest absolute Gasteiger partial charge is 0.489 e. The fraction of sp³-hybridized carbons (Fsp3) is 0.111. The Morgan fingerprint density at radius 2 is 1.70 bits per heavy atom. The van der Waals surface area contributed by atoms with Gasteiger partial charge in [0.05, 0.1) is 6.21 Å². The number of hydrogen-bond acceptors (Lipinski definition) is 5. The lowest BCUT2D eigenvalue weighted by Crippen LogP contribution is -2.42. The summed E-state index contributed by atoms with van der Waals surface area (Å²) in [6.07, 6.45) is 0.825. The Kier molecular flexibility index (Phi) is 5.89. The number of ether oxygens (including phenoxy) is 3. The van der Waals surface area contributed by atoms with Crippen LogP contribution in [0.4, 0.5) is 0 Å². The summed E-state index contributed by atoms with van der Waals surface area (Å²) in [6.45, 7) is 0.624. The fourth-order valence-electron chi connectivity index (χ4n) is 3.62. The van der Waals surface area contributed by atoms with Gasteiger partial charge in [0.15, 0.2) is 11.5 Å². The van der Waals surface area contributed by atoms with Crippen LogP contribution in [-0.2, 0) is 11.4 Å². The number of benzene rings is 4. The van der Waals surface area contributed by atoms with Gasteiger partial charge in [0, 0.05) is 0 Å². The molecule has 1 aliphatic rings. The summed E-state index contributed by atoms with van der Waals surface area (Å²) in [5, 5.41) is 6.42. The second kappa shape index (κ2) is 9.44. The Balaban J connectivity index is 1.14. The van der Waals surface area contributed by atoms with Crippen LogP contribution in [0.5, 0.6) is 17.2 Å². The van der Waals surface area contributed by atoms with E-state index in [1.165, 1.54) is 10.8 Å². The van der Waals surface area contributed by atoms with Gasteiger partial charge >= 0.3 is 0 Å². The molecule has 6 heteroatoms. The first kappa shape index (κ1) is 20.6. The van der Waals surface area contributed by atoms with Crippen LogP contribution in [0.1, 0.15) is 11.1 Å². The van der Waals surface area contributed by atoms with E-state index >= 15 is 0 Å². The van der Waals surface area contributed by atoms with E-state index in [-0.39, 0.29) is 12.5 Å². The maximum absolute atomic E-state index is 12.3. The van der Waals surface area contributed by atoms with E-state index in [4.69, 9.17) is 14.2 Å². The topological polar surface area (TPSA) is 69.2 Å². The highest BCUT2D eigenvalue weighted by molar-refractivity contribution is 5.86. The SMILES string of the molecule is O=C(N/N=C/c1ccc(OCc2cccc3ccccc23)cc1)C1COc2ccccc2O1. The number of nitrogens with one attached hydrogen (secondary N) is 1. The van der Waals surface area contributed by atoms with E-state index in [2.05, 4.69) is 34.8 Å². The minimum Gasteiger partial charge on any atom is -0.489 e. The van der Waals surface area contributed by atoms with Gasteiger partial charge in [-0.1, -0.05) is 54.6 Å². The van der Waals surface area contributed by atoms with Crippen molar-refractivity contribution in [2.75, 3.05) is 6.61 Å². The molecule has 0 aromatic heterocycles. The molecule has 1 heterocycles. The van der Waals surface area contributed by atoms with Crippen molar-refractivity contribution in [1.29, 1.82) is 0 Å². The van der Waals surface area contributed by atoms with Crippen LogP contribution in [0, 0.1) is 0 Å². The lowest BCUT2D eigenvalue weighted by molar-refractivity contribution is -0.130. The van der Waals surface area contributed by atoms with Gasteiger partial charge in [-0.3, -0.25) is 4.79 Å². The zero-order valence-electron chi connectivity index (χ0n) is 17.8. The number of rotatable bonds is 6. The predicted molar refractivity (Wildman–Crippen MR) is 127 cm³/mol. The van der Waals surface area contributed by atoms with Crippen molar-refractivity contribution in [1.82, 2.24) is 5.43 Å². The molecule has 0 spiro atoms. The maximum Gasteiger partial charge on any atom is 0.284 e. The number of para-hydroxylation sites is 2. The molecule has 33 heavy (non-hydrogen) atoms. The van der Waals surface area contributed by atoms with E-state index in [9.17, 15) is 4.79 Å². The number of hydrogen-bond donors (Lipinski definition) is 1. The molecule has 164 valence electrons. The molecule has 5 rings (SSSR count). The summed E-state index contributed by atoms with van der Waals surface area (Å²) >= 11 is 0. The van der Waals surface area contributed by atoms with Crippen molar-refractivity contribution >= 4 is 22.9 Å². The summed E-state index contributed by atoms with van der Waals surface area (Å²) < 4.78 is 17.2. The third kappa shape index (κ3) is 4.80. The standard InChI is InChI=1S/C27H22N2O4/c30-27(26-18-32-24-10-3-4-11-25(24)33-26)29-28-16-19-12-14-22(15-13-19)31-17-21-8-5-7-20-6-1-2-9-23(20)21/h1-16,26H,17-18H2,(H,29,30)/b28-16+. The number of hydrazone groups is 1. The van der Waals surface area contributed by atoms with Crippen molar-refractivity contribution in [3.8, 4) is 17.2 Å². The van der Waals surface area contributed by atoms with Crippen LogP contribution >= 0.6 is 0 Å². The number of amides is 1. The average Bonchev–Trinajstić information content (AvgIpc) is 2.88. The molecule has 1 amide bonds. The van der Waals surface area contributed by atoms with Gasteiger partial charge in [-0.2, -0.15) is 5.10 Å². The zero-order chi connectivity index (χ0) is 22.5. The van der Waals surface area contributed by atoms with Crippen LogP contribution in [0.15, 0.2) is 96.1 Å². The molecule has 0 radical (unpaired) electrons. The van der Waals surface area contributed by atoms with Crippen molar-refractivity contribution in [3.63, 3.8) is 0 Å². The Bertz CT molecular complexity index is 1300. The first-order valence-electron chi connectivity index (χ1n) is 10.7. The van der Waals surface area contributed by atoms with Crippen LogP contribution in [0.2, 0.25) is 0 Å². The molecule has 6 nitrogen and oxygen atoms in total. The second-order valence-corrected chi connectivity index (χ2v) is 7.59. The Labute approximate surface area is 191 Å². The lowest BCUT2D eigenvalue weighted by Gasteiger charge is -2.24. The number of carbonyl (C=O) groups is 1. The van der Waals surface area contributed by atoms with Gasteiger partial charge in [-0.25, -0.2) is 5.43 Å². The van der Waals surface area contributed by atoms with Crippen LogP contribution in [0.3, 0.4) is 0 Å². The van der Waals surface area contributed by atoms with Crippen molar-refractivity contribution in [2.24, 2.45) is 5.10 Å². The molecule has 0 bridgehead atoms. The predicted octanol–water partition coefficient (Wildman–Crippen LogP) is 4.71. The van der Waals surface area contributed by atoms with E-state index in [0.717, 1.165) is 16.9 Å². The van der Waals surface area contributed by atoms with Gasteiger partial charge in [0.1, 0.15) is 19.0 Å². The molecule has 0 saturated carbocycles. The van der Waals surface area contributed by atoms with Gasteiger partial charge in [0.2, 0.25) is 6.10 Å². The Hall–Kier alpha value is -4.32. The molecule has 0 aliphatic carbocycles. The van der Waals surface area contributed by atoms with E-state index in [0.29, 0.717) is 18.1 Å². The minimum absolute atomic E-state index is 0.140. The molecule has 1 N–H and O–H groups in total. The first-order valence-corrected chi connectivity index (χ1v) is 10.7. The summed E-state index contributed by atoms with van der Waals surface area (Å²) in [5.74, 6) is 1.58. The van der Waals surface area contributed by atoms with Crippen LogP contribution in [0.25, 0.3) is 10.8 Å². The minimum atomic E-state index is -0.748. The quantitative estimate of drug-likeness (QED) is 0.350. The highest BCUT2D eigenvalue weighted by atomic mass is 16.6. The molecule has 1 atom stereocenters. The Morgan fingerprint density at radius 3 is 2.58 bits per heavy atom. The Morgan fingerprint density at radius 1 is 0.939 bits per heavy atom. The molecule has 1 unspecified atom stereocenters. The normalized spacial score (nSPS) is 14.8. The van der Waals surface area contributed by atoms with Crippen LogP contribution < -0.4 is 19.6 Å². The van der Waals surface area contributed by atoms with Crippen molar-refractivity contribution < 1.29 is 19.0 Å². The van der Waals surface area contributed by atoms with Gasteiger partial charge < -0.3 is 14.2 Å². The van der Waals surface area contributed by atoms with E-state index in [1.54, 1.807) is 18.3 Å². The lowest BCUT2D eigenvalue weighted by atomic mass is 10.1. The highest BCUT2D eigenvalue weighted by Crippen LogP contribution is 2.30. The van der Waals surface area contributed by atoms with E-state index < -0.39 is 6.10 Å². The molecule has 0 saturated heterocycles. The van der Waals surface area contributed by atoms with Gasteiger partial charge in [-0.05, 0) is 58.3 Å². The number of fused-ring (bicyclic) bond motifs is 2. The summed E-state index contributed by atoms with van der Waals surface area (Å²) in [6, 6.07) is 29.2. The monoisotopic (exact) mass is 438 g/mol. The highest BCUT2D eigenvalue weighted by Gasteiger charge is 2.26. The fourth-order valence-corrected chi connectivity index (χ4v) is 3.62. The smallest absolute Gasteiger partial charge is 0.284 e.